The summed E-state index contributed by atoms with van der Waals surface area (Å²) in [7, 11) is 0. The third-order valence-electron chi connectivity index (χ3n) is 5.39. The van der Waals surface area contributed by atoms with Gasteiger partial charge in [-0.2, -0.15) is 4.98 Å². The van der Waals surface area contributed by atoms with E-state index in [1.54, 1.807) is 0 Å². The van der Waals surface area contributed by atoms with E-state index in [-0.39, 0.29) is 5.56 Å². The minimum absolute atomic E-state index is 0.231. The number of carbonyl (C=O) groups is 1. The van der Waals surface area contributed by atoms with Crippen LogP contribution in [0.4, 0.5) is 0 Å². The number of nitrogens with zero attached hydrogens (tertiary/aromatic N) is 3. The van der Waals surface area contributed by atoms with Crippen molar-refractivity contribution < 1.29 is 4.79 Å². The molecule has 130 valence electrons. The highest BCUT2D eigenvalue weighted by Crippen LogP contribution is 2.36. The Morgan fingerprint density at radius 2 is 1.88 bits per heavy atom. The molecule has 26 heavy (non-hydrogen) atoms. The average molecular weight is 410 g/mol. The predicted octanol–water partition coefficient (Wildman–Crippen LogP) is 4.49. The Balaban J connectivity index is 2.04. The molecule has 4 aromatic rings. The van der Waals surface area contributed by atoms with E-state index < -0.39 is 0 Å². The molecule has 0 unspecified atom stereocenters. The van der Waals surface area contributed by atoms with Gasteiger partial charge in [0.15, 0.2) is 0 Å². The zero-order chi connectivity index (χ0) is 17.8. The first-order valence-corrected chi connectivity index (χ1v) is 9.58. The van der Waals surface area contributed by atoms with Crippen molar-refractivity contribution in [2.24, 2.45) is 0 Å². The van der Waals surface area contributed by atoms with E-state index in [1.165, 1.54) is 12.8 Å². The van der Waals surface area contributed by atoms with Gasteiger partial charge in [-0.05, 0) is 59.1 Å². The molecule has 1 aliphatic carbocycles. The van der Waals surface area contributed by atoms with Crippen LogP contribution in [0.15, 0.2) is 45.7 Å². The molecule has 5 nitrogen and oxygen atoms in total. The summed E-state index contributed by atoms with van der Waals surface area (Å²) in [6, 6.07) is 11.7. The first-order valence-electron chi connectivity index (χ1n) is 8.79. The number of fused-ring (bicyclic) bond motifs is 5. The fourth-order valence-corrected chi connectivity index (χ4v) is 4.77. The van der Waals surface area contributed by atoms with Crippen LogP contribution in [-0.4, -0.2) is 20.2 Å². The number of hydrogen-bond donors (Lipinski definition) is 0. The van der Waals surface area contributed by atoms with Crippen molar-refractivity contribution in [2.75, 3.05) is 0 Å². The number of rotatable bonds is 2. The molecule has 1 fully saturated rings. The third kappa shape index (κ3) is 2.11. The van der Waals surface area contributed by atoms with Gasteiger partial charge < -0.3 is 4.57 Å². The van der Waals surface area contributed by atoms with Gasteiger partial charge in [-0.25, -0.2) is 0 Å². The Labute approximate surface area is 157 Å². The zero-order valence-corrected chi connectivity index (χ0v) is 15.6. The quantitative estimate of drug-likeness (QED) is 0.458. The summed E-state index contributed by atoms with van der Waals surface area (Å²) in [5, 5.41) is 0.579. The molecule has 0 bridgehead atoms. The molecule has 0 radical (unpaired) electrons. The van der Waals surface area contributed by atoms with E-state index in [9.17, 15) is 9.59 Å². The summed E-state index contributed by atoms with van der Waals surface area (Å²) in [6.45, 7) is 0. The van der Waals surface area contributed by atoms with Gasteiger partial charge in [-0.15, -0.1) is 0 Å². The average Bonchev–Trinajstić information content (AvgIpc) is 3.26. The van der Waals surface area contributed by atoms with Crippen LogP contribution in [0.1, 0.15) is 42.1 Å². The number of carbonyl (C=O) groups excluding carboxylic acids is 1. The van der Waals surface area contributed by atoms with Gasteiger partial charge >= 0.3 is 0 Å². The maximum atomic E-state index is 12.8. The molecular weight excluding hydrogens is 394 g/mol. The Hall–Kier alpha value is -2.47. The Morgan fingerprint density at radius 1 is 1.08 bits per heavy atom. The highest BCUT2D eigenvalue weighted by Gasteiger charge is 2.24. The smallest absolute Gasteiger partial charge is 0.283 e. The molecule has 1 saturated carbocycles. The molecule has 2 aromatic carbocycles. The molecule has 1 aliphatic rings. The molecule has 2 aromatic heterocycles. The lowest BCUT2D eigenvalue weighted by atomic mass is 10.2. The van der Waals surface area contributed by atoms with E-state index in [0.29, 0.717) is 22.8 Å². The topological polar surface area (TPSA) is 56.4 Å². The second-order valence-electron chi connectivity index (χ2n) is 6.86. The summed E-state index contributed by atoms with van der Waals surface area (Å²) < 4.78 is 4.95. The van der Waals surface area contributed by atoms with Crippen LogP contribution in [0.25, 0.3) is 27.7 Å². The van der Waals surface area contributed by atoms with Crippen LogP contribution in [0, 0.1) is 0 Å². The zero-order valence-electron chi connectivity index (χ0n) is 14.0. The molecule has 2 heterocycles. The van der Waals surface area contributed by atoms with Gasteiger partial charge in [0.25, 0.3) is 5.56 Å². The summed E-state index contributed by atoms with van der Waals surface area (Å²) in [6.07, 6.45) is 5.34. The normalized spacial score (nSPS) is 15.4. The van der Waals surface area contributed by atoms with Gasteiger partial charge in [0.1, 0.15) is 6.29 Å². The maximum absolute atomic E-state index is 12.8. The minimum Gasteiger partial charge on any atom is -0.306 e. The van der Waals surface area contributed by atoms with Crippen LogP contribution < -0.4 is 5.56 Å². The van der Waals surface area contributed by atoms with Gasteiger partial charge in [0, 0.05) is 16.1 Å². The second-order valence-corrected chi connectivity index (χ2v) is 7.71. The lowest BCUT2D eigenvalue weighted by Crippen LogP contribution is -2.14. The Morgan fingerprint density at radius 3 is 2.65 bits per heavy atom. The molecule has 0 N–H and O–H groups in total. The van der Waals surface area contributed by atoms with Crippen molar-refractivity contribution in [2.45, 2.75) is 31.7 Å². The van der Waals surface area contributed by atoms with E-state index in [1.807, 2.05) is 40.8 Å². The van der Waals surface area contributed by atoms with Gasteiger partial charge in [-0.1, -0.05) is 18.9 Å². The summed E-state index contributed by atoms with van der Waals surface area (Å²) in [5.41, 5.74) is 3.15. The largest absolute Gasteiger partial charge is 0.306 e. The van der Waals surface area contributed by atoms with Crippen molar-refractivity contribution in [1.29, 1.82) is 0 Å². The molecule has 0 atom stereocenters. The number of benzene rings is 2. The lowest BCUT2D eigenvalue weighted by Gasteiger charge is -2.13. The number of halogens is 1. The molecule has 0 aliphatic heterocycles. The standard InChI is InChI=1S/C20H16BrN3O2/c21-14-6-3-7-16-18(14)19(26)22-20-23(13-4-1-2-5-13)17-10-12(11-25)8-9-15(17)24(16)20/h3,6-11,13H,1-2,4-5H2. The Kier molecular flexibility index (Phi) is 3.50. The number of aldehydes is 1. The first-order chi connectivity index (χ1) is 12.7. The molecule has 0 amide bonds. The number of aromatic nitrogens is 3. The summed E-state index contributed by atoms with van der Waals surface area (Å²) in [4.78, 5) is 28.5. The van der Waals surface area contributed by atoms with Gasteiger partial charge in [0.2, 0.25) is 5.78 Å². The Bertz CT molecular complexity index is 1250. The van der Waals surface area contributed by atoms with Gasteiger partial charge in [0.05, 0.1) is 21.9 Å². The van der Waals surface area contributed by atoms with E-state index in [0.717, 1.165) is 40.2 Å². The summed E-state index contributed by atoms with van der Waals surface area (Å²) in [5.74, 6) is 0.658. The van der Waals surface area contributed by atoms with Crippen molar-refractivity contribution in [3.8, 4) is 0 Å². The number of hydrogen-bond acceptors (Lipinski definition) is 3. The van der Waals surface area contributed by atoms with E-state index >= 15 is 0 Å². The minimum atomic E-state index is -0.231. The van der Waals surface area contributed by atoms with Crippen molar-refractivity contribution >= 4 is 49.9 Å². The lowest BCUT2D eigenvalue weighted by molar-refractivity contribution is 0.112. The van der Waals surface area contributed by atoms with Gasteiger partial charge in [-0.3, -0.25) is 14.0 Å². The van der Waals surface area contributed by atoms with Crippen LogP contribution in [0.5, 0.6) is 0 Å². The van der Waals surface area contributed by atoms with Crippen molar-refractivity contribution in [3.63, 3.8) is 0 Å². The highest BCUT2D eigenvalue weighted by atomic mass is 79.9. The van der Waals surface area contributed by atoms with Crippen LogP contribution in [0.3, 0.4) is 0 Å². The van der Waals surface area contributed by atoms with Crippen LogP contribution >= 0.6 is 15.9 Å². The maximum Gasteiger partial charge on any atom is 0.283 e. The van der Waals surface area contributed by atoms with E-state index in [2.05, 4.69) is 25.5 Å². The third-order valence-corrected chi connectivity index (χ3v) is 6.05. The molecule has 5 rings (SSSR count). The van der Waals surface area contributed by atoms with Crippen molar-refractivity contribution in [3.05, 3.63) is 56.8 Å². The second kappa shape index (κ2) is 5.77. The first kappa shape index (κ1) is 15.8. The van der Waals surface area contributed by atoms with Crippen LogP contribution in [-0.2, 0) is 0 Å². The fraction of sp³-hybridized carbons (Fsp3) is 0.250. The van der Waals surface area contributed by atoms with E-state index in [4.69, 9.17) is 0 Å². The molecule has 0 spiro atoms. The fourth-order valence-electron chi connectivity index (χ4n) is 4.24. The molecular formula is C20H16BrN3O2. The SMILES string of the molecule is O=Cc1ccc2c(c1)n(C1CCCC1)c1nc(=O)c3c(Br)cccc3n21. The predicted molar refractivity (Wildman–Crippen MR) is 105 cm³/mol. The van der Waals surface area contributed by atoms with Crippen LogP contribution in [0.2, 0.25) is 0 Å². The summed E-state index contributed by atoms with van der Waals surface area (Å²) >= 11 is 3.49. The number of imidazole rings is 1. The highest BCUT2D eigenvalue weighted by molar-refractivity contribution is 9.10. The monoisotopic (exact) mass is 409 g/mol. The molecule has 6 heteroatoms. The molecule has 0 saturated heterocycles. The van der Waals surface area contributed by atoms with Crippen molar-refractivity contribution in [1.82, 2.24) is 14.0 Å².